The van der Waals surface area contributed by atoms with Crippen LogP contribution in [0.25, 0.3) is 11.3 Å². The first-order valence-corrected chi connectivity index (χ1v) is 6.63. The number of amides is 1. The molecule has 0 saturated heterocycles. The minimum absolute atomic E-state index is 0.0971. The quantitative estimate of drug-likeness (QED) is 0.861. The summed E-state index contributed by atoms with van der Waals surface area (Å²) in [5.74, 6) is -0.228. The summed E-state index contributed by atoms with van der Waals surface area (Å²) < 4.78 is 24.2. The maximum Gasteiger partial charge on any atom is 0.412 e. The van der Waals surface area contributed by atoms with E-state index in [-0.39, 0.29) is 17.1 Å². The minimum atomic E-state index is -0.641. The molecule has 0 fully saturated rings. The lowest BCUT2D eigenvalue weighted by Gasteiger charge is -2.19. The molecule has 1 heterocycles. The molecule has 1 aromatic carbocycles. The predicted molar refractivity (Wildman–Crippen MR) is 79.3 cm³/mol. The summed E-state index contributed by atoms with van der Waals surface area (Å²) in [6.07, 6.45) is -0.109. The van der Waals surface area contributed by atoms with Crippen molar-refractivity contribution in [3.05, 3.63) is 41.9 Å². The van der Waals surface area contributed by atoms with Gasteiger partial charge in [0.05, 0.1) is 5.56 Å². The van der Waals surface area contributed by atoms with Crippen molar-refractivity contribution in [1.29, 1.82) is 0 Å². The average molecular weight is 305 g/mol. The van der Waals surface area contributed by atoms with E-state index in [9.17, 15) is 14.0 Å². The standard InChI is InChI=1S/C16H16FNO4/c1-16(2,3)22-15(20)18-10-4-6-13(17)12(8-10)14-7-5-11(9-19)21-14/h4-9H,1-3H3,(H,18,20). The Balaban J connectivity index is 2.23. The predicted octanol–water partition coefficient (Wildman–Crippen LogP) is 4.25. The summed E-state index contributed by atoms with van der Waals surface area (Å²) in [5, 5.41) is 2.52. The Morgan fingerprint density at radius 1 is 1.27 bits per heavy atom. The number of rotatable bonds is 3. The van der Waals surface area contributed by atoms with E-state index >= 15 is 0 Å². The topological polar surface area (TPSA) is 68.5 Å². The van der Waals surface area contributed by atoms with Gasteiger partial charge in [0.1, 0.15) is 17.2 Å². The van der Waals surface area contributed by atoms with Crippen molar-refractivity contribution in [3.63, 3.8) is 0 Å². The van der Waals surface area contributed by atoms with Crippen LogP contribution in [0.5, 0.6) is 0 Å². The molecule has 0 unspecified atom stereocenters. The van der Waals surface area contributed by atoms with Crippen LogP contribution in [0, 0.1) is 5.82 Å². The molecule has 1 amide bonds. The van der Waals surface area contributed by atoms with Gasteiger partial charge in [0, 0.05) is 5.69 Å². The van der Waals surface area contributed by atoms with E-state index in [0.29, 0.717) is 12.0 Å². The van der Waals surface area contributed by atoms with Gasteiger partial charge in [-0.05, 0) is 51.1 Å². The van der Waals surface area contributed by atoms with E-state index in [0.717, 1.165) is 0 Å². The van der Waals surface area contributed by atoms with E-state index in [1.54, 1.807) is 20.8 Å². The zero-order chi connectivity index (χ0) is 16.3. The van der Waals surface area contributed by atoms with Gasteiger partial charge in [-0.3, -0.25) is 10.1 Å². The molecule has 0 atom stereocenters. The molecule has 0 spiro atoms. The number of halogens is 1. The first-order valence-electron chi connectivity index (χ1n) is 6.63. The minimum Gasteiger partial charge on any atom is -0.453 e. The van der Waals surface area contributed by atoms with Gasteiger partial charge in [-0.1, -0.05) is 0 Å². The lowest BCUT2D eigenvalue weighted by atomic mass is 10.1. The number of hydrogen-bond donors (Lipinski definition) is 1. The van der Waals surface area contributed by atoms with Crippen LogP contribution in [-0.2, 0) is 4.74 Å². The van der Waals surface area contributed by atoms with Crippen LogP contribution in [0.2, 0.25) is 0 Å². The van der Waals surface area contributed by atoms with Crippen molar-refractivity contribution in [1.82, 2.24) is 0 Å². The van der Waals surface area contributed by atoms with Gasteiger partial charge in [0.2, 0.25) is 0 Å². The first-order chi connectivity index (χ1) is 10.3. The number of hydrogen-bond acceptors (Lipinski definition) is 4. The number of furan rings is 1. The summed E-state index contributed by atoms with van der Waals surface area (Å²) in [4.78, 5) is 22.3. The smallest absolute Gasteiger partial charge is 0.412 e. The molecule has 22 heavy (non-hydrogen) atoms. The van der Waals surface area contributed by atoms with Gasteiger partial charge >= 0.3 is 6.09 Å². The third-order valence-corrected chi connectivity index (χ3v) is 2.62. The lowest BCUT2D eigenvalue weighted by Crippen LogP contribution is -2.27. The summed E-state index contributed by atoms with van der Waals surface area (Å²) >= 11 is 0. The Morgan fingerprint density at radius 2 is 2.00 bits per heavy atom. The van der Waals surface area contributed by atoms with Crippen molar-refractivity contribution in [2.45, 2.75) is 26.4 Å². The summed E-state index contributed by atoms with van der Waals surface area (Å²) in [6.45, 7) is 5.23. The Kier molecular flexibility index (Phi) is 4.30. The van der Waals surface area contributed by atoms with Crippen LogP contribution >= 0.6 is 0 Å². The summed E-state index contributed by atoms with van der Waals surface area (Å²) in [6, 6.07) is 6.94. The monoisotopic (exact) mass is 305 g/mol. The third-order valence-electron chi connectivity index (χ3n) is 2.62. The zero-order valence-electron chi connectivity index (χ0n) is 12.5. The molecule has 1 N–H and O–H groups in total. The van der Waals surface area contributed by atoms with Gasteiger partial charge in [-0.15, -0.1) is 0 Å². The molecule has 0 radical (unpaired) electrons. The molecule has 116 valence electrons. The average Bonchev–Trinajstić information content (AvgIpc) is 2.87. The number of carbonyl (C=O) groups is 2. The fourth-order valence-electron chi connectivity index (χ4n) is 1.77. The van der Waals surface area contributed by atoms with Gasteiger partial charge in [0.15, 0.2) is 12.0 Å². The number of aldehydes is 1. The van der Waals surface area contributed by atoms with Gasteiger partial charge < -0.3 is 9.15 Å². The molecule has 0 aliphatic rings. The van der Waals surface area contributed by atoms with E-state index in [2.05, 4.69) is 5.32 Å². The first kappa shape index (κ1) is 15.8. The van der Waals surface area contributed by atoms with Gasteiger partial charge in [-0.2, -0.15) is 0 Å². The Morgan fingerprint density at radius 3 is 2.59 bits per heavy atom. The highest BCUT2D eigenvalue weighted by Crippen LogP contribution is 2.27. The number of ether oxygens (including phenoxy) is 1. The van der Waals surface area contributed by atoms with E-state index < -0.39 is 17.5 Å². The van der Waals surface area contributed by atoms with Crippen molar-refractivity contribution >= 4 is 18.1 Å². The fraction of sp³-hybridized carbons (Fsp3) is 0.250. The molecule has 0 saturated carbocycles. The highest BCUT2D eigenvalue weighted by atomic mass is 19.1. The van der Waals surface area contributed by atoms with Crippen LogP contribution in [-0.4, -0.2) is 18.0 Å². The molecule has 0 bridgehead atoms. The Hall–Kier alpha value is -2.63. The molecular weight excluding hydrogens is 289 g/mol. The molecule has 0 aliphatic heterocycles. The SMILES string of the molecule is CC(C)(C)OC(=O)Nc1ccc(F)c(-c2ccc(C=O)o2)c1. The zero-order valence-corrected chi connectivity index (χ0v) is 12.5. The van der Waals surface area contributed by atoms with E-state index in [4.69, 9.17) is 9.15 Å². The maximum absolute atomic E-state index is 13.9. The second kappa shape index (κ2) is 6.01. The molecule has 0 aliphatic carbocycles. The second-order valence-electron chi connectivity index (χ2n) is 5.64. The molecule has 6 heteroatoms. The van der Waals surface area contributed by atoms with Gasteiger partial charge in [-0.25, -0.2) is 9.18 Å². The highest BCUT2D eigenvalue weighted by Gasteiger charge is 2.17. The molecule has 2 aromatic rings. The Labute approximate surface area is 127 Å². The molecule has 5 nitrogen and oxygen atoms in total. The molecule has 1 aromatic heterocycles. The second-order valence-corrected chi connectivity index (χ2v) is 5.64. The summed E-state index contributed by atoms with van der Waals surface area (Å²) in [7, 11) is 0. The molecule has 2 rings (SSSR count). The number of anilines is 1. The van der Waals surface area contributed by atoms with Gasteiger partial charge in [0.25, 0.3) is 0 Å². The number of benzene rings is 1. The number of nitrogens with one attached hydrogen (secondary N) is 1. The highest BCUT2D eigenvalue weighted by molar-refractivity contribution is 5.86. The van der Waals surface area contributed by atoms with Crippen LogP contribution < -0.4 is 5.32 Å². The third kappa shape index (κ3) is 3.94. The largest absolute Gasteiger partial charge is 0.453 e. The van der Waals surface area contributed by atoms with E-state index in [1.807, 2.05) is 0 Å². The van der Waals surface area contributed by atoms with E-state index in [1.165, 1.54) is 30.3 Å². The van der Waals surface area contributed by atoms with Crippen molar-refractivity contribution < 1.29 is 23.1 Å². The summed E-state index contributed by atoms with van der Waals surface area (Å²) in [5.41, 5.74) is -0.135. The fourth-order valence-corrected chi connectivity index (χ4v) is 1.77. The number of carbonyl (C=O) groups excluding carboxylic acids is 2. The van der Waals surface area contributed by atoms with Crippen molar-refractivity contribution in [2.24, 2.45) is 0 Å². The van der Waals surface area contributed by atoms with Crippen LogP contribution in [0.4, 0.5) is 14.9 Å². The maximum atomic E-state index is 13.9. The molecular formula is C16H16FNO4. The van der Waals surface area contributed by atoms with Crippen molar-refractivity contribution in [3.8, 4) is 11.3 Å². The normalized spacial score (nSPS) is 11.1. The van der Waals surface area contributed by atoms with Crippen LogP contribution in [0.3, 0.4) is 0 Å². The van der Waals surface area contributed by atoms with Crippen LogP contribution in [0.15, 0.2) is 34.7 Å². The van der Waals surface area contributed by atoms with Crippen LogP contribution in [0.1, 0.15) is 31.3 Å². The Bertz CT molecular complexity index is 700. The van der Waals surface area contributed by atoms with Crippen molar-refractivity contribution in [2.75, 3.05) is 5.32 Å². The lowest BCUT2D eigenvalue weighted by molar-refractivity contribution is 0.0636.